The van der Waals surface area contributed by atoms with Crippen LogP contribution in [-0.2, 0) is 4.79 Å². The van der Waals surface area contributed by atoms with Gasteiger partial charge in [0.05, 0.1) is 23.6 Å². The highest BCUT2D eigenvalue weighted by Gasteiger charge is 2.36. The number of hydrogen-bond acceptors (Lipinski definition) is 5. The zero-order valence-corrected chi connectivity index (χ0v) is 15.1. The number of ether oxygens (including phenoxy) is 2. The van der Waals surface area contributed by atoms with Gasteiger partial charge in [-0.25, -0.2) is 0 Å². The highest BCUT2D eigenvalue weighted by Crippen LogP contribution is 2.38. The molecule has 0 radical (unpaired) electrons. The van der Waals surface area contributed by atoms with Gasteiger partial charge in [-0.3, -0.25) is 14.5 Å². The van der Waals surface area contributed by atoms with E-state index < -0.39 is 0 Å². The van der Waals surface area contributed by atoms with E-state index in [1.54, 1.807) is 32.4 Å². The molecule has 0 aliphatic carbocycles. The molecule has 2 amide bonds. The van der Waals surface area contributed by atoms with Crippen molar-refractivity contribution in [2.45, 2.75) is 19.9 Å². The summed E-state index contributed by atoms with van der Waals surface area (Å²) in [5.41, 5.74) is 0.699. The predicted molar refractivity (Wildman–Crippen MR) is 90.2 cm³/mol. The molecule has 1 heterocycles. The molecule has 7 heteroatoms. The number of methoxy groups -OCH3 is 2. The first kappa shape index (κ1) is 16.9. The number of carbonyl (C=O) groups excluding carboxylic acids is 2. The van der Waals surface area contributed by atoms with Crippen molar-refractivity contribution in [2.24, 2.45) is 0 Å². The number of rotatable bonds is 4. The van der Waals surface area contributed by atoms with Crippen LogP contribution in [0.5, 0.6) is 11.5 Å². The van der Waals surface area contributed by atoms with Gasteiger partial charge in [-0.2, -0.15) is 0 Å². The summed E-state index contributed by atoms with van der Waals surface area (Å²) in [5.74, 6) is 0.916. The first-order valence-corrected chi connectivity index (χ1v) is 8.18. The summed E-state index contributed by atoms with van der Waals surface area (Å²) >= 11 is 4.34. The number of imide groups is 1. The first-order valence-electron chi connectivity index (χ1n) is 6.57. The second-order valence-corrected chi connectivity index (χ2v) is 6.72. The molecule has 22 heavy (non-hydrogen) atoms. The minimum atomic E-state index is -0.279. The lowest BCUT2D eigenvalue weighted by atomic mass is 10.1. The third-order valence-electron chi connectivity index (χ3n) is 3.13. The van der Waals surface area contributed by atoms with Gasteiger partial charge in [0.1, 0.15) is 11.5 Å². The molecule has 1 aromatic carbocycles. The molecule has 0 atom stereocenters. The van der Waals surface area contributed by atoms with Gasteiger partial charge < -0.3 is 9.47 Å². The van der Waals surface area contributed by atoms with E-state index in [0.29, 0.717) is 22.0 Å². The maximum atomic E-state index is 12.3. The van der Waals surface area contributed by atoms with Gasteiger partial charge in [-0.05, 0) is 53.7 Å². The van der Waals surface area contributed by atoms with Gasteiger partial charge in [0.25, 0.3) is 11.1 Å². The van der Waals surface area contributed by atoms with Crippen molar-refractivity contribution in [3.05, 3.63) is 27.1 Å². The Kier molecular flexibility index (Phi) is 5.18. The summed E-state index contributed by atoms with van der Waals surface area (Å²) in [5, 5.41) is -0.252. The van der Waals surface area contributed by atoms with Crippen LogP contribution >= 0.6 is 27.7 Å². The molecule has 1 fully saturated rings. The number of carbonyl (C=O) groups is 2. The second kappa shape index (κ2) is 6.75. The molecule has 5 nitrogen and oxygen atoms in total. The lowest BCUT2D eigenvalue weighted by Gasteiger charge is -2.16. The topological polar surface area (TPSA) is 55.8 Å². The molecule has 0 unspecified atom stereocenters. The molecule has 0 aromatic heterocycles. The number of nitrogens with zero attached hydrogens (tertiary/aromatic N) is 1. The highest BCUT2D eigenvalue weighted by atomic mass is 79.9. The smallest absolute Gasteiger partial charge is 0.293 e. The largest absolute Gasteiger partial charge is 0.496 e. The van der Waals surface area contributed by atoms with Crippen molar-refractivity contribution in [1.29, 1.82) is 0 Å². The van der Waals surface area contributed by atoms with E-state index in [1.807, 2.05) is 13.8 Å². The average Bonchev–Trinajstić information content (AvgIpc) is 2.73. The molecule has 1 aromatic rings. The summed E-state index contributed by atoms with van der Waals surface area (Å²) < 4.78 is 11.3. The Bertz CT molecular complexity index is 657. The Morgan fingerprint density at radius 1 is 1.18 bits per heavy atom. The fraction of sp³-hybridized carbons (Fsp3) is 0.333. The lowest BCUT2D eigenvalue weighted by molar-refractivity contribution is -0.123. The van der Waals surface area contributed by atoms with Crippen LogP contribution in [0, 0.1) is 0 Å². The second-order valence-electron chi connectivity index (χ2n) is 4.87. The Morgan fingerprint density at radius 2 is 1.82 bits per heavy atom. The summed E-state index contributed by atoms with van der Waals surface area (Å²) in [4.78, 5) is 25.9. The zero-order chi connectivity index (χ0) is 16.4. The Hall–Kier alpha value is -1.47. The van der Waals surface area contributed by atoms with E-state index in [0.717, 1.165) is 16.2 Å². The van der Waals surface area contributed by atoms with Crippen molar-refractivity contribution >= 4 is 44.9 Å². The number of amides is 2. The van der Waals surface area contributed by atoms with Crippen molar-refractivity contribution in [3.63, 3.8) is 0 Å². The van der Waals surface area contributed by atoms with Gasteiger partial charge in [0, 0.05) is 17.7 Å². The standard InChI is InChI=1S/C15H16BrNO4S/c1-8(2)17-14(18)13(22-15(17)19)6-9-5-10(16)12(21-4)7-11(9)20-3/h5-8H,1-4H3. The van der Waals surface area contributed by atoms with Crippen molar-refractivity contribution in [1.82, 2.24) is 4.90 Å². The van der Waals surface area contributed by atoms with Crippen LogP contribution in [-0.4, -0.2) is 36.3 Å². The summed E-state index contributed by atoms with van der Waals surface area (Å²) in [6.45, 7) is 3.62. The van der Waals surface area contributed by atoms with Crippen LogP contribution in [0.2, 0.25) is 0 Å². The van der Waals surface area contributed by atoms with E-state index in [1.165, 1.54) is 4.90 Å². The lowest BCUT2D eigenvalue weighted by Crippen LogP contribution is -2.34. The Labute approximate surface area is 141 Å². The number of thioether (sulfide) groups is 1. The molecule has 1 aliphatic heterocycles. The van der Waals surface area contributed by atoms with Crippen LogP contribution < -0.4 is 9.47 Å². The maximum Gasteiger partial charge on any atom is 0.293 e. The molecular weight excluding hydrogens is 370 g/mol. The molecule has 0 N–H and O–H groups in total. The minimum Gasteiger partial charge on any atom is -0.496 e. The predicted octanol–water partition coefficient (Wildman–Crippen LogP) is 3.91. The van der Waals surface area contributed by atoms with E-state index in [2.05, 4.69) is 15.9 Å². The van der Waals surface area contributed by atoms with Crippen LogP contribution in [0.1, 0.15) is 19.4 Å². The number of halogens is 1. The van der Waals surface area contributed by atoms with Gasteiger partial charge in [-0.1, -0.05) is 0 Å². The minimum absolute atomic E-state index is 0.164. The van der Waals surface area contributed by atoms with Crippen molar-refractivity contribution < 1.29 is 19.1 Å². The fourth-order valence-corrected chi connectivity index (χ4v) is 3.54. The first-order chi connectivity index (χ1) is 10.4. The molecular formula is C15H16BrNO4S. The molecule has 1 aliphatic rings. The maximum absolute atomic E-state index is 12.3. The van der Waals surface area contributed by atoms with Crippen molar-refractivity contribution in [3.8, 4) is 11.5 Å². The fourth-order valence-electron chi connectivity index (χ4n) is 2.06. The molecule has 0 bridgehead atoms. The van der Waals surface area contributed by atoms with Crippen LogP contribution in [0.3, 0.4) is 0 Å². The van der Waals surface area contributed by atoms with Gasteiger partial charge in [-0.15, -0.1) is 0 Å². The average molecular weight is 386 g/mol. The van der Waals surface area contributed by atoms with Crippen LogP contribution in [0.4, 0.5) is 4.79 Å². The third kappa shape index (κ3) is 3.15. The normalized spacial score (nSPS) is 16.8. The summed E-state index contributed by atoms with van der Waals surface area (Å²) in [7, 11) is 3.10. The van der Waals surface area contributed by atoms with Crippen LogP contribution in [0.25, 0.3) is 6.08 Å². The van der Waals surface area contributed by atoms with E-state index in [-0.39, 0.29) is 17.2 Å². The molecule has 0 saturated carbocycles. The van der Waals surface area contributed by atoms with Gasteiger partial charge >= 0.3 is 0 Å². The highest BCUT2D eigenvalue weighted by molar-refractivity contribution is 9.10. The molecule has 1 saturated heterocycles. The molecule has 2 rings (SSSR count). The van der Waals surface area contributed by atoms with Gasteiger partial charge in [0.15, 0.2) is 0 Å². The van der Waals surface area contributed by atoms with E-state index in [4.69, 9.17) is 9.47 Å². The molecule has 0 spiro atoms. The molecule has 118 valence electrons. The van der Waals surface area contributed by atoms with Gasteiger partial charge in [0.2, 0.25) is 0 Å². The Morgan fingerprint density at radius 3 is 2.32 bits per heavy atom. The van der Waals surface area contributed by atoms with E-state index >= 15 is 0 Å². The summed E-state index contributed by atoms with van der Waals surface area (Å²) in [6.07, 6.45) is 1.66. The summed E-state index contributed by atoms with van der Waals surface area (Å²) in [6, 6.07) is 3.35. The third-order valence-corrected chi connectivity index (χ3v) is 4.63. The SMILES string of the molecule is COc1cc(OC)c(C=C2SC(=O)N(C(C)C)C2=O)cc1Br. The zero-order valence-electron chi connectivity index (χ0n) is 12.7. The Balaban J connectivity index is 2.44. The van der Waals surface area contributed by atoms with Crippen molar-refractivity contribution in [2.75, 3.05) is 14.2 Å². The number of benzene rings is 1. The van der Waals surface area contributed by atoms with E-state index in [9.17, 15) is 9.59 Å². The number of hydrogen-bond donors (Lipinski definition) is 0. The quantitative estimate of drug-likeness (QED) is 0.735. The monoisotopic (exact) mass is 385 g/mol. The van der Waals surface area contributed by atoms with Crippen LogP contribution in [0.15, 0.2) is 21.5 Å².